The number of hydrogen-bond donors (Lipinski definition) is 1. The van der Waals surface area contributed by atoms with Gasteiger partial charge in [-0.05, 0) is 40.5 Å². The predicted octanol–water partition coefficient (Wildman–Crippen LogP) is 1.46. The summed E-state index contributed by atoms with van der Waals surface area (Å²) in [5.41, 5.74) is 6.95. The van der Waals surface area contributed by atoms with E-state index in [1.807, 2.05) is 6.07 Å². The third kappa shape index (κ3) is 2.90. The number of carbonyl (C=O) groups excluding carboxylic acids is 1. The van der Waals surface area contributed by atoms with Crippen molar-refractivity contribution in [3.8, 4) is 0 Å². The molecule has 0 fully saturated rings. The maximum Gasteiger partial charge on any atom is 0.268 e. The molecule has 1 aromatic carbocycles. The molecule has 2 rings (SSSR count). The number of nitrogens with two attached hydrogens (primary N) is 1. The van der Waals surface area contributed by atoms with Gasteiger partial charge in [0, 0.05) is 5.56 Å². The molecule has 5 nitrogen and oxygen atoms in total. The number of carbonyl (C=O) groups is 1. The van der Waals surface area contributed by atoms with E-state index in [-0.39, 0.29) is 5.56 Å². The Bertz CT molecular complexity index is 695. The Balaban J connectivity index is 2.37. The SMILES string of the molecule is Cc1ncn(Cc2cccc(C(N)=O)c2)c(=O)c1Br. The largest absolute Gasteiger partial charge is 0.366 e. The lowest BCUT2D eigenvalue weighted by atomic mass is 10.1. The van der Waals surface area contributed by atoms with Gasteiger partial charge in [-0.2, -0.15) is 0 Å². The van der Waals surface area contributed by atoms with Crippen molar-refractivity contribution in [2.45, 2.75) is 13.5 Å². The lowest BCUT2D eigenvalue weighted by molar-refractivity contribution is 0.1000. The molecule has 0 unspecified atom stereocenters. The molecule has 0 aliphatic heterocycles. The van der Waals surface area contributed by atoms with E-state index < -0.39 is 5.91 Å². The molecule has 2 N–H and O–H groups in total. The summed E-state index contributed by atoms with van der Waals surface area (Å²) < 4.78 is 1.91. The smallest absolute Gasteiger partial charge is 0.268 e. The first kappa shape index (κ1) is 13.5. The number of benzene rings is 1. The second-order valence-electron chi connectivity index (χ2n) is 4.14. The molecule has 0 bridgehead atoms. The first-order chi connectivity index (χ1) is 8.99. The zero-order chi connectivity index (χ0) is 14.0. The molecule has 6 heteroatoms. The third-order valence-electron chi connectivity index (χ3n) is 2.72. The maximum atomic E-state index is 12.0. The van der Waals surface area contributed by atoms with Crippen LogP contribution in [0.15, 0.2) is 39.9 Å². The summed E-state index contributed by atoms with van der Waals surface area (Å²) in [6.45, 7) is 2.09. The van der Waals surface area contributed by atoms with Crippen molar-refractivity contribution in [2.24, 2.45) is 5.73 Å². The second kappa shape index (κ2) is 5.36. The minimum atomic E-state index is -0.489. The first-order valence-corrected chi connectivity index (χ1v) is 6.38. The first-order valence-electron chi connectivity index (χ1n) is 5.59. The van der Waals surface area contributed by atoms with Crippen LogP contribution in [0.1, 0.15) is 21.6 Å². The molecular weight excluding hydrogens is 310 g/mol. The van der Waals surface area contributed by atoms with Crippen molar-refractivity contribution in [3.05, 3.63) is 62.2 Å². The van der Waals surface area contributed by atoms with Gasteiger partial charge in [0.15, 0.2) is 0 Å². The van der Waals surface area contributed by atoms with E-state index >= 15 is 0 Å². The average molecular weight is 322 g/mol. The highest BCUT2D eigenvalue weighted by Gasteiger charge is 2.07. The number of aromatic nitrogens is 2. The highest BCUT2D eigenvalue weighted by molar-refractivity contribution is 9.10. The Morgan fingerprint density at radius 3 is 2.89 bits per heavy atom. The lowest BCUT2D eigenvalue weighted by Crippen LogP contribution is -2.23. The number of halogens is 1. The quantitative estimate of drug-likeness (QED) is 0.929. The van der Waals surface area contributed by atoms with E-state index in [9.17, 15) is 9.59 Å². The standard InChI is InChI=1S/C13H12BrN3O2/c1-8-11(14)13(19)17(7-16-8)6-9-3-2-4-10(5-9)12(15)18/h2-5,7H,6H2,1H3,(H2,15,18). The van der Waals surface area contributed by atoms with Crippen LogP contribution in [0.5, 0.6) is 0 Å². The molecule has 0 saturated heterocycles. The van der Waals surface area contributed by atoms with Crippen LogP contribution in [0.4, 0.5) is 0 Å². The molecule has 19 heavy (non-hydrogen) atoms. The molecule has 1 amide bonds. The van der Waals surface area contributed by atoms with Gasteiger partial charge in [-0.25, -0.2) is 4.98 Å². The third-order valence-corrected chi connectivity index (χ3v) is 3.63. The molecule has 0 saturated carbocycles. The van der Waals surface area contributed by atoms with Crippen LogP contribution in [0.25, 0.3) is 0 Å². The fourth-order valence-corrected chi connectivity index (χ4v) is 2.01. The van der Waals surface area contributed by atoms with Gasteiger partial charge in [0.05, 0.1) is 18.6 Å². The molecular formula is C13H12BrN3O2. The van der Waals surface area contributed by atoms with Crippen molar-refractivity contribution in [1.82, 2.24) is 9.55 Å². The van der Waals surface area contributed by atoms with Crippen LogP contribution in [0.3, 0.4) is 0 Å². The molecule has 1 aromatic heterocycles. The van der Waals surface area contributed by atoms with E-state index in [4.69, 9.17) is 5.73 Å². The van der Waals surface area contributed by atoms with Gasteiger partial charge >= 0.3 is 0 Å². The number of nitrogens with zero attached hydrogens (tertiary/aromatic N) is 2. The van der Waals surface area contributed by atoms with Crippen LogP contribution >= 0.6 is 15.9 Å². The number of hydrogen-bond acceptors (Lipinski definition) is 3. The molecule has 0 radical (unpaired) electrons. The Hall–Kier alpha value is -1.95. The Labute approximate surface area is 118 Å². The molecule has 1 heterocycles. The van der Waals surface area contributed by atoms with Gasteiger partial charge in [-0.1, -0.05) is 12.1 Å². The van der Waals surface area contributed by atoms with Crippen LogP contribution < -0.4 is 11.3 Å². The summed E-state index contributed by atoms with van der Waals surface area (Å²) in [6.07, 6.45) is 1.49. The lowest BCUT2D eigenvalue weighted by Gasteiger charge is -2.07. The van der Waals surface area contributed by atoms with E-state index in [0.29, 0.717) is 22.3 Å². The molecule has 0 spiro atoms. The van der Waals surface area contributed by atoms with Gasteiger partial charge in [-0.3, -0.25) is 14.2 Å². The molecule has 2 aromatic rings. The van der Waals surface area contributed by atoms with E-state index in [1.165, 1.54) is 10.9 Å². The number of primary amides is 1. The van der Waals surface area contributed by atoms with Crippen molar-refractivity contribution in [3.63, 3.8) is 0 Å². The second-order valence-corrected chi connectivity index (χ2v) is 4.93. The van der Waals surface area contributed by atoms with Crippen molar-refractivity contribution >= 4 is 21.8 Å². The zero-order valence-corrected chi connectivity index (χ0v) is 11.8. The van der Waals surface area contributed by atoms with Gasteiger partial charge in [0.2, 0.25) is 5.91 Å². The van der Waals surface area contributed by atoms with Crippen molar-refractivity contribution in [2.75, 3.05) is 0 Å². The summed E-state index contributed by atoms with van der Waals surface area (Å²) >= 11 is 3.21. The van der Waals surface area contributed by atoms with E-state index in [0.717, 1.165) is 5.56 Å². The highest BCUT2D eigenvalue weighted by atomic mass is 79.9. The number of aryl methyl sites for hydroxylation is 1. The minimum Gasteiger partial charge on any atom is -0.366 e. The predicted molar refractivity (Wildman–Crippen MR) is 75.0 cm³/mol. The fourth-order valence-electron chi connectivity index (χ4n) is 1.68. The summed E-state index contributed by atoms with van der Waals surface area (Å²) in [5, 5.41) is 0. The van der Waals surface area contributed by atoms with E-state index in [1.54, 1.807) is 25.1 Å². The van der Waals surface area contributed by atoms with Crippen molar-refractivity contribution < 1.29 is 4.79 Å². The zero-order valence-electron chi connectivity index (χ0n) is 10.3. The minimum absolute atomic E-state index is 0.156. The van der Waals surface area contributed by atoms with Crippen molar-refractivity contribution in [1.29, 1.82) is 0 Å². The summed E-state index contributed by atoms with van der Waals surface area (Å²) in [7, 11) is 0. The molecule has 0 aliphatic carbocycles. The topological polar surface area (TPSA) is 78.0 Å². The fraction of sp³-hybridized carbons (Fsp3) is 0.154. The highest BCUT2D eigenvalue weighted by Crippen LogP contribution is 2.09. The Morgan fingerprint density at radius 1 is 1.47 bits per heavy atom. The Kier molecular flexibility index (Phi) is 3.80. The molecule has 98 valence electrons. The van der Waals surface area contributed by atoms with Crippen LogP contribution in [-0.2, 0) is 6.54 Å². The van der Waals surface area contributed by atoms with Gasteiger partial charge < -0.3 is 5.73 Å². The monoisotopic (exact) mass is 321 g/mol. The van der Waals surface area contributed by atoms with Gasteiger partial charge in [0.1, 0.15) is 4.47 Å². The van der Waals surface area contributed by atoms with Crippen LogP contribution in [0.2, 0.25) is 0 Å². The Morgan fingerprint density at radius 2 is 2.21 bits per heavy atom. The summed E-state index contributed by atoms with van der Waals surface area (Å²) in [4.78, 5) is 27.2. The normalized spacial score (nSPS) is 10.4. The van der Waals surface area contributed by atoms with Gasteiger partial charge in [-0.15, -0.1) is 0 Å². The number of rotatable bonds is 3. The summed E-state index contributed by atoms with van der Waals surface area (Å²) in [6, 6.07) is 6.87. The van der Waals surface area contributed by atoms with E-state index in [2.05, 4.69) is 20.9 Å². The average Bonchev–Trinajstić information content (AvgIpc) is 2.40. The maximum absolute atomic E-state index is 12.0. The number of amides is 1. The molecule has 0 atom stereocenters. The van der Waals surface area contributed by atoms with Gasteiger partial charge in [0.25, 0.3) is 5.56 Å². The summed E-state index contributed by atoms with van der Waals surface area (Å²) in [5.74, 6) is -0.489. The van der Waals surface area contributed by atoms with Crippen LogP contribution in [0, 0.1) is 6.92 Å². The van der Waals surface area contributed by atoms with Crippen LogP contribution in [-0.4, -0.2) is 15.5 Å². The molecule has 0 aliphatic rings.